The predicted molar refractivity (Wildman–Crippen MR) is 59.8 cm³/mol. The highest BCUT2D eigenvalue weighted by molar-refractivity contribution is 7.12. The average Bonchev–Trinajstić information content (AvgIpc) is 2.50. The second-order valence-electron chi connectivity index (χ2n) is 2.98. The second kappa shape index (κ2) is 5.75. The van der Waals surface area contributed by atoms with Crippen LogP contribution in [0.4, 0.5) is 13.2 Å². The van der Waals surface area contributed by atoms with Crippen LogP contribution in [0.2, 0.25) is 5.02 Å². The van der Waals surface area contributed by atoms with Crippen molar-refractivity contribution in [3.63, 3.8) is 0 Å². The molecule has 0 atom stereocenters. The van der Waals surface area contributed by atoms with Gasteiger partial charge in [-0.05, 0) is 12.0 Å². The average molecular weight is 259 g/mol. The van der Waals surface area contributed by atoms with Crippen molar-refractivity contribution in [3.8, 4) is 0 Å². The number of alkyl halides is 3. The normalized spacial score (nSPS) is 11.3. The first-order valence-corrected chi connectivity index (χ1v) is 5.88. The molecule has 1 heterocycles. The Labute approximate surface area is 97.1 Å². The lowest BCUT2D eigenvalue weighted by atomic mass is 10.2. The molecule has 0 amide bonds. The van der Waals surface area contributed by atoms with Gasteiger partial charge in [-0.15, -0.1) is 11.3 Å². The fraction of sp³-hybridized carbons (Fsp3) is 0.600. The van der Waals surface area contributed by atoms with Gasteiger partial charge in [-0.2, -0.15) is 13.2 Å². The van der Waals surface area contributed by atoms with E-state index >= 15 is 0 Å². The van der Waals surface area contributed by atoms with Crippen molar-refractivity contribution in [3.05, 3.63) is 20.8 Å². The number of hydrogen-bond donors (Lipinski definition) is 0. The van der Waals surface area contributed by atoms with Crippen LogP contribution in [0.3, 0.4) is 0 Å². The zero-order chi connectivity index (χ0) is 12.2. The van der Waals surface area contributed by atoms with E-state index in [1.54, 1.807) is 0 Å². The summed E-state index contributed by atoms with van der Waals surface area (Å²) in [5.41, 5.74) is 0. The first-order chi connectivity index (χ1) is 6.82. The van der Waals surface area contributed by atoms with E-state index in [-0.39, 0.29) is 10.9 Å². The molecule has 1 rings (SSSR count). The van der Waals surface area contributed by atoms with E-state index in [9.17, 15) is 13.2 Å². The molecule has 0 bridgehead atoms. The van der Waals surface area contributed by atoms with Crippen LogP contribution in [0, 0.1) is 0 Å². The van der Waals surface area contributed by atoms with Crippen molar-refractivity contribution in [2.45, 2.75) is 39.8 Å². The lowest BCUT2D eigenvalue weighted by Gasteiger charge is -2.02. The van der Waals surface area contributed by atoms with Crippen molar-refractivity contribution >= 4 is 22.9 Å². The fourth-order valence-electron chi connectivity index (χ4n) is 0.864. The van der Waals surface area contributed by atoms with Crippen LogP contribution in [0.15, 0.2) is 6.07 Å². The Morgan fingerprint density at radius 2 is 1.73 bits per heavy atom. The third-order valence-electron chi connectivity index (χ3n) is 1.53. The molecular formula is C10H14ClF3S. The topological polar surface area (TPSA) is 0 Å². The van der Waals surface area contributed by atoms with Gasteiger partial charge in [-0.3, -0.25) is 0 Å². The minimum Gasteiger partial charge on any atom is -0.165 e. The van der Waals surface area contributed by atoms with E-state index in [2.05, 4.69) is 0 Å². The van der Waals surface area contributed by atoms with Crippen LogP contribution in [-0.2, 0) is 6.18 Å². The van der Waals surface area contributed by atoms with Gasteiger partial charge in [0.1, 0.15) is 4.88 Å². The quantitative estimate of drug-likeness (QED) is 0.618. The van der Waals surface area contributed by atoms with Crippen LogP contribution in [-0.4, -0.2) is 0 Å². The van der Waals surface area contributed by atoms with Gasteiger partial charge in [-0.25, -0.2) is 0 Å². The Bertz CT molecular complexity index is 302. The summed E-state index contributed by atoms with van der Waals surface area (Å²) in [4.78, 5) is -0.0322. The summed E-state index contributed by atoms with van der Waals surface area (Å²) in [5.74, 6) is 0.0820. The Kier molecular flexibility index (Phi) is 5.67. The maximum atomic E-state index is 12.3. The largest absolute Gasteiger partial charge is 0.427 e. The van der Waals surface area contributed by atoms with Crippen molar-refractivity contribution < 1.29 is 13.2 Å². The molecule has 0 aromatic carbocycles. The van der Waals surface area contributed by atoms with E-state index in [1.807, 2.05) is 27.7 Å². The monoisotopic (exact) mass is 258 g/mol. The Morgan fingerprint density at radius 1 is 1.27 bits per heavy atom. The molecule has 0 aliphatic rings. The first kappa shape index (κ1) is 14.8. The number of hydrogen-bond acceptors (Lipinski definition) is 1. The molecular weight excluding hydrogens is 245 g/mol. The standard InChI is InChI=1S/C8H8ClF3S.C2H6/c1-4(2)6-3-5(9)7(13-6)8(10,11)12;1-2/h3-4H,1-2H3;1-2H3. The van der Waals surface area contributed by atoms with E-state index in [0.29, 0.717) is 4.88 Å². The van der Waals surface area contributed by atoms with Crippen molar-refractivity contribution in [2.75, 3.05) is 0 Å². The van der Waals surface area contributed by atoms with Gasteiger partial charge in [0.15, 0.2) is 0 Å². The van der Waals surface area contributed by atoms with Crippen LogP contribution >= 0.6 is 22.9 Å². The van der Waals surface area contributed by atoms with Crippen molar-refractivity contribution in [1.29, 1.82) is 0 Å². The molecule has 0 N–H and O–H groups in total. The number of rotatable bonds is 1. The zero-order valence-corrected chi connectivity index (χ0v) is 10.6. The molecule has 0 aliphatic carbocycles. The Hall–Kier alpha value is -0.220. The van der Waals surface area contributed by atoms with Gasteiger partial charge in [0.05, 0.1) is 5.02 Å². The molecule has 0 aliphatic heterocycles. The molecule has 0 nitrogen and oxygen atoms in total. The van der Waals surface area contributed by atoms with Gasteiger partial charge in [0, 0.05) is 4.88 Å². The number of halogens is 4. The fourth-order valence-corrected chi connectivity index (χ4v) is 2.19. The zero-order valence-electron chi connectivity index (χ0n) is 9.07. The van der Waals surface area contributed by atoms with Gasteiger partial charge in [0.2, 0.25) is 0 Å². The first-order valence-electron chi connectivity index (χ1n) is 4.68. The van der Waals surface area contributed by atoms with Crippen molar-refractivity contribution in [2.24, 2.45) is 0 Å². The van der Waals surface area contributed by atoms with E-state index < -0.39 is 11.1 Å². The highest BCUT2D eigenvalue weighted by atomic mass is 35.5. The summed E-state index contributed by atoms with van der Waals surface area (Å²) in [6, 6.07) is 1.39. The summed E-state index contributed by atoms with van der Waals surface area (Å²) in [7, 11) is 0. The second-order valence-corrected chi connectivity index (χ2v) is 4.47. The summed E-state index contributed by atoms with van der Waals surface area (Å²) in [6.07, 6.45) is -4.32. The Morgan fingerprint density at radius 3 is 1.93 bits per heavy atom. The summed E-state index contributed by atoms with van der Waals surface area (Å²) < 4.78 is 36.8. The molecule has 0 radical (unpaired) electrons. The summed E-state index contributed by atoms with van der Waals surface area (Å²) in [6.45, 7) is 7.67. The smallest absolute Gasteiger partial charge is 0.165 e. The van der Waals surface area contributed by atoms with Crippen LogP contribution in [0.25, 0.3) is 0 Å². The van der Waals surface area contributed by atoms with E-state index in [1.165, 1.54) is 6.07 Å². The molecule has 15 heavy (non-hydrogen) atoms. The molecule has 1 aromatic heterocycles. The molecule has 5 heteroatoms. The Balaban J connectivity index is 0.000000921. The SMILES string of the molecule is CC.CC(C)c1cc(Cl)c(C(F)(F)F)s1. The van der Waals surface area contributed by atoms with Crippen LogP contribution in [0.1, 0.15) is 43.4 Å². The maximum Gasteiger partial charge on any atom is 0.427 e. The van der Waals surface area contributed by atoms with Crippen molar-refractivity contribution in [1.82, 2.24) is 0 Å². The highest BCUT2D eigenvalue weighted by Crippen LogP contribution is 2.42. The summed E-state index contributed by atoms with van der Waals surface area (Å²) >= 11 is 6.18. The minimum atomic E-state index is -4.32. The third-order valence-corrected chi connectivity index (χ3v) is 3.42. The lowest BCUT2D eigenvalue weighted by Crippen LogP contribution is -2.01. The minimum absolute atomic E-state index is 0.0820. The molecule has 0 unspecified atom stereocenters. The molecule has 1 aromatic rings. The molecule has 88 valence electrons. The van der Waals surface area contributed by atoms with Gasteiger partial charge in [-0.1, -0.05) is 39.3 Å². The maximum absolute atomic E-state index is 12.3. The van der Waals surface area contributed by atoms with Gasteiger partial charge < -0.3 is 0 Å². The molecule has 0 saturated carbocycles. The van der Waals surface area contributed by atoms with Crippen LogP contribution < -0.4 is 0 Å². The predicted octanol–water partition coefficient (Wildman–Crippen LogP) is 5.57. The van der Waals surface area contributed by atoms with E-state index in [4.69, 9.17) is 11.6 Å². The highest BCUT2D eigenvalue weighted by Gasteiger charge is 2.35. The van der Waals surface area contributed by atoms with Gasteiger partial charge >= 0.3 is 6.18 Å². The van der Waals surface area contributed by atoms with E-state index in [0.717, 1.165) is 11.3 Å². The molecule has 0 saturated heterocycles. The molecule has 0 spiro atoms. The number of thiophene rings is 1. The third kappa shape index (κ3) is 4.03. The van der Waals surface area contributed by atoms with Gasteiger partial charge in [0.25, 0.3) is 0 Å². The molecule has 0 fully saturated rings. The van der Waals surface area contributed by atoms with Crippen LogP contribution in [0.5, 0.6) is 0 Å². The lowest BCUT2D eigenvalue weighted by molar-refractivity contribution is -0.134. The summed E-state index contributed by atoms with van der Waals surface area (Å²) in [5, 5.41) is -0.193.